The van der Waals surface area contributed by atoms with E-state index < -0.39 is 19.7 Å². The van der Waals surface area contributed by atoms with Crippen molar-refractivity contribution in [3.05, 3.63) is 0 Å². The molecule has 2 N–H and O–H groups in total. The van der Waals surface area contributed by atoms with Crippen LogP contribution in [0.1, 0.15) is 134 Å². The van der Waals surface area contributed by atoms with E-state index in [2.05, 4.69) is 0 Å². The van der Waals surface area contributed by atoms with E-state index in [1.807, 2.05) is 83.1 Å². The van der Waals surface area contributed by atoms with Gasteiger partial charge in [-0.15, -0.1) is 30.8 Å². The summed E-state index contributed by atoms with van der Waals surface area (Å²) in [5.41, 5.74) is -1.66. The molecule has 3 radical (unpaired) electrons. The molecule has 3 fully saturated rings. The van der Waals surface area contributed by atoms with Gasteiger partial charge in [0.25, 0.3) is 0 Å². The predicted molar refractivity (Wildman–Crippen MR) is 145 cm³/mol. The molecule has 0 aliphatic carbocycles. The van der Waals surface area contributed by atoms with Gasteiger partial charge in [-0.3, -0.25) is 0 Å². The average Bonchev–Trinajstić information content (AvgIpc) is 2.68. The van der Waals surface area contributed by atoms with Crippen molar-refractivity contribution in [1.82, 2.24) is 15.2 Å². The van der Waals surface area contributed by atoms with Crippen molar-refractivity contribution in [3.8, 4) is 0 Å². The Morgan fingerprint density at radius 1 is 0.541 bits per heavy atom. The molecule has 0 amide bonds. The molecular weight excluding hydrogens is 493 g/mol. The molecule has 0 spiro atoms. The van der Waals surface area contributed by atoms with Gasteiger partial charge in [0.2, 0.25) is 0 Å². The van der Waals surface area contributed by atoms with Crippen molar-refractivity contribution < 1.29 is 29.9 Å². The lowest BCUT2D eigenvalue weighted by Crippen LogP contribution is -2.59. The molecule has 3 saturated heterocycles. The Kier molecular flexibility index (Phi) is 11.7. The standard InChI is InChI=1S/C9H19NO4P.2C9H18NO/c1-8(2)5-7(14-15(12)13)6-9(3,4)10(8)11;2*1-8(2)6-5-7-9(3,4)10(8)11/h7,12-13H,5-6H2,1-4H3;2*5-7H2,1-4H3. The molecule has 3 rings (SSSR count). The van der Waals surface area contributed by atoms with Gasteiger partial charge in [-0.2, -0.15) is 0 Å². The van der Waals surface area contributed by atoms with Crippen LogP contribution in [-0.2, 0) is 20.1 Å². The third-order valence-corrected chi connectivity index (χ3v) is 8.64. The van der Waals surface area contributed by atoms with Gasteiger partial charge >= 0.3 is 8.60 Å². The van der Waals surface area contributed by atoms with Crippen LogP contribution in [-0.4, -0.2) is 64.3 Å². The lowest BCUT2D eigenvalue weighted by molar-refractivity contribution is -0.297. The quantitative estimate of drug-likeness (QED) is 0.389. The topological polar surface area (TPSA) is 119 Å². The molecular formula is C27H55N3O6P. The first-order valence-electron chi connectivity index (χ1n) is 13.6. The second-order valence-electron chi connectivity index (χ2n) is 14.9. The van der Waals surface area contributed by atoms with Gasteiger partial charge in [0.05, 0.1) is 6.10 Å². The summed E-state index contributed by atoms with van der Waals surface area (Å²) in [6, 6.07) is 0. The monoisotopic (exact) mass is 548 g/mol. The first-order chi connectivity index (χ1) is 16.4. The highest BCUT2D eigenvalue weighted by molar-refractivity contribution is 7.39. The number of hydrogen-bond donors (Lipinski definition) is 2. The highest BCUT2D eigenvalue weighted by Crippen LogP contribution is 2.42. The average molecular weight is 549 g/mol. The van der Waals surface area contributed by atoms with Gasteiger partial charge in [0.1, 0.15) is 0 Å². The first kappa shape index (κ1) is 35.1. The van der Waals surface area contributed by atoms with E-state index in [-0.39, 0.29) is 28.3 Å². The normalized spacial score (nSPS) is 29.0. The van der Waals surface area contributed by atoms with Crippen molar-refractivity contribution in [1.29, 1.82) is 0 Å². The molecule has 219 valence electrons. The molecule has 3 heterocycles. The molecule has 0 atom stereocenters. The van der Waals surface area contributed by atoms with Crippen molar-refractivity contribution in [2.75, 3.05) is 0 Å². The van der Waals surface area contributed by atoms with Gasteiger partial charge in [0.15, 0.2) is 0 Å². The summed E-state index contributed by atoms with van der Waals surface area (Å²) in [5, 5.41) is 38.9. The summed E-state index contributed by atoms with van der Waals surface area (Å²) >= 11 is 0. The fraction of sp³-hybridized carbons (Fsp3) is 1.00. The first-order valence-corrected chi connectivity index (χ1v) is 14.8. The molecule has 0 saturated carbocycles. The summed E-state index contributed by atoms with van der Waals surface area (Å²) in [6.07, 6.45) is 7.23. The molecule has 0 bridgehead atoms. The van der Waals surface area contributed by atoms with Gasteiger partial charge in [-0.1, -0.05) is 0 Å². The van der Waals surface area contributed by atoms with Crippen LogP contribution in [0.4, 0.5) is 0 Å². The lowest BCUT2D eigenvalue weighted by atomic mass is 9.80. The van der Waals surface area contributed by atoms with Crippen LogP contribution in [0.25, 0.3) is 0 Å². The maximum atomic E-state index is 11.9. The van der Waals surface area contributed by atoms with Crippen LogP contribution in [0.3, 0.4) is 0 Å². The Hall–Kier alpha value is 0.0700. The smallest absolute Gasteiger partial charge is 0.327 e. The van der Waals surface area contributed by atoms with Crippen LogP contribution < -0.4 is 0 Å². The van der Waals surface area contributed by atoms with E-state index in [9.17, 15) is 15.6 Å². The minimum absolute atomic E-state index is 0.151. The van der Waals surface area contributed by atoms with Gasteiger partial charge in [-0.25, -0.2) is 0 Å². The minimum Gasteiger partial charge on any atom is -0.328 e. The molecule has 37 heavy (non-hydrogen) atoms. The number of rotatable bonds is 2. The minimum atomic E-state index is -2.34. The van der Waals surface area contributed by atoms with E-state index in [4.69, 9.17) is 14.3 Å². The number of piperidine rings is 3. The van der Waals surface area contributed by atoms with Crippen molar-refractivity contribution in [3.63, 3.8) is 0 Å². The fourth-order valence-electron chi connectivity index (χ4n) is 6.33. The third-order valence-electron chi connectivity index (χ3n) is 8.15. The molecule has 0 aromatic carbocycles. The van der Waals surface area contributed by atoms with Crippen LogP contribution in [0.15, 0.2) is 0 Å². The second kappa shape index (κ2) is 12.3. The molecule has 3 aliphatic heterocycles. The SMILES string of the molecule is CC1(C)CC(OP(O)O)CC(C)(C)N1[O].CC1(C)CCCC(C)(C)N1[O].CC1(C)CCCC(C)(C)N1[O]. The zero-order valence-electron chi connectivity index (χ0n) is 25.6. The van der Waals surface area contributed by atoms with E-state index in [0.29, 0.717) is 12.8 Å². The molecule has 0 aromatic rings. The molecule has 0 aromatic heterocycles. The van der Waals surface area contributed by atoms with E-state index in [0.717, 1.165) is 30.7 Å². The molecule has 9 nitrogen and oxygen atoms in total. The summed E-state index contributed by atoms with van der Waals surface area (Å²) < 4.78 is 5.02. The van der Waals surface area contributed by atoms with E-state index in [1.54, 1.807) is 0 Å². The lowest BCUT2D eigenvalue weighted by Gasteiger charge is -2.49. The zero-order valence-corrected chi connectivity index (χ0v) is 26.4. The molecule has 3 aliphatic rings. The zero-order chi connectivity index (χ0) is 29.3. The second-order valence-corrected chi connectivity index (χ2v) is 15.6. The Morgan fingerprint density at radius 3 is 1.00 bits per heavy atom. The summed E-state index contributed by atoms with van der Waals surface area (Å²) in [6.45, 7) is 23.6. The van der Waals surface area contributed by atoms with Crippen LogP contribution in [0, 0.1) is 0 Å². The predicted octanol–water partition coefficient (Wildman–Crippen LogP) is 6.33. The largest absolute Gasteiger partial charge is 0.328 e. The van der Waals surface area contributed by atoms with Crippen molar-refractivity contribution in [2.45, 2.75) is 174 Å². The van der Waals surface area contributed by atoms with Gasteiger partial charge in [0, 0.05) is 33.2 Å². The Balaban J connectivity index is 0.000000283. The Labute approximate surface area is 227 Å². The highest BCUT2D eigenvalue weighted by atomic mass is 31.2. The third kappa shape index (κ3) is 9.59. The van der Waals surface area contributed by atoms with Gasteiger partial charge < -0.3 is 14.3 Å². The van der Waals surface area contributed by atoms with Crippen LogP contribution in [0.2, 0.25) is 0 Å². The summed E-state index contributed by atoms with van der Waals surface area (Å²) in [4.78, 5) is 17.6. The number of nitrogens with zero attached hydrogens (tertiary/aromatic N) is 3. The van der Waals surface area contributed by atoms with Crippen LogP contribution >= 0.6 is 8.60 Å². The highest BCUT2D eigenvalue weighted by Gasteiger charge is 2.47. The number of hydroxylamine groups is 6. The number of hydrogen-bond acceptors (Lipinski definition) is 6. The van der Waals surface area contributed by atoms with E-state index in [1.165, 1.54) is 23.0 Å². The van der Waals surface area contributed by atoms with Crippen molar-refractivity contribution in [2.24, 2.45) is 0 Å². The van der Waals surface area contributed by atoms with Gasteiger partial charge in [-0.05, 0) is 134 Å². The maximum Gasteiger partial charge on any atom is 0.327 e. The van der Waals surface area contributed by atoms with Crippen LogP contribution in [0.5, 0.6) is 0 Å². The Morgan fingerprint density at radius 2 is 0.784 bits per heavy atom. The summed E-state index contributed by atoms with van der Waals surface area (Å²) in [7, 11) is -2.34. The summed E-state index contributed by atoms with van der Waals surface area (Å²) in [5.74, 6) is 0. The molecule has 10 heteroatoms. The fourth-order valence-corrected chi connectivity index (χ4v) is 6.75. The van der Waals surface area contributed by atoms with E-state index >= 15 is 0 Å². The Bertz CT molecular complexity index is 641. The maximum absolute atomic E-state index is 11.9. The van der Waals surface area contributed by atoms with Crippen molar-refractivity contribution >= 4 is 8.60 Å². The molecule has 0 unspecified atom stereocenters.